The molecule has 0 spiro atoms. The highest BCUT2D eigenvalue weighted by Crippen LogP contribution is 2.38. The minimum atomic E-state index is -0.0819. The van der Waals surface area contributed by atoms with Crippen molar-refractivity contribution < 1.29 is 14.3 Å². The van der Waals surface area contributed by atoms with Gasteiger partial charge in [0.25, 0.3) is 5.91 Å². The molecule has 0 unspecified atom stereocenters. The summed E-state index contributed by atoms with van der Waals surface area (Å²) in [5.41, 5.74) is 0.769. The molecule has 0 atom stereocenters. The Labute approximate surface area is 136 Å². The lowest BCUT2D eigenvalue weighted by Gasteiger charge is -2.11. The second kappa shape index (κ2) is 6.53. The van der Waals surface area contributed by atoms with E-state index in [1.54, 1.807) is 34.4 Å². The first-order valence-electron chi connectivity index (χ1n) is 6.07. The lowest BCUT2D eigenvalue weighted by molar-refractivity contribution is -0.121. The molecule has 0 bridgehead atoms. The lowest BCUT2D eigenvalue weighted by atomic mass is 10.1. The molecule has 112 valence electrons. The summed E-state index contributed by atoms with van der Waals surface area (Å²) in [5.74, 6) is 1.11. The summed E-state index contributed by atoms with van der Waals surface area (Å²) in [6.07, 6.45) is 1.79. The van der Waals surface area contributed by atoms with Crippen LogP contribution >= 0.6 is 27.7 Å². The largest absolute Gasteiger partial charge is 0.493 e. The number of hydrogen-bond acceptors (Lipinski definition) is 5. The molecule has 1 aliphatic heterocycles. The highest BCUT2D eigenvalue weighted by atomic mass is 79.9. The van der Waals surface area contributed by atoms with Crippen LogP contribution in [-0.4, -0.2) is 44.3 Å². The number of amidine groups is 1. The van der Waals surface area contributed by atoms with Crippen molar-refractivity contribution in [2.24, 2.45) is 4.99 Å². The van der Waals surface area contributed by atoms with E-state index in [0.29, 0.717) is 21.6 Å². The summed E-state index contributed by atoms with van der Waals surface area (Å²) in [6, 6.07) is 3.69. The SMILES string of the molecule is CN=C1S/C(=C\c2cc(Br)cc(OC)c2OC)C(=O)N1C. The molecule has 1 aromatic rings. The Kier molecular flexibility index (Phi) is 4.95. The summed E-state index contributed by atoms with van der Waals surface area (Å²) in [7, 11) is 6.52. The van der Waals surface area contributed by atoms with Crippen LogP contribution in [0.5, 0.6) is 11.5 Å². The van der Waals surface area contributed by atoms with Gasteiger partial charge in [-0.15, -0.1) is 0 Å². The molecule has 5 nitrogen and oxygen atoms in total. The maximum atomic E-state index is 12.2. The van der Waals surface area contributed by atoms with Crippen molar-refractivity contribution in [3.63, 3.8) is 0 Å². The molecular weight excluding hydrogens is 356 g/mol. The number of thioether (sulfide) groups is 1. The van der Waals surface area contributed by atoms with Crippen molar-refractivity contribution in [2.75, 3.05) is 28.3 Å². The van der Waals surface area contributed by atoms with Gasteiger partial charge in [0.2, 0.25) is 0 Å². The maximum Gasteiger partial charge on any atom is 0.266 e. The summed E-state index contributed by atoms with van der Waals surface area (Å²) >= 11 is 4.76. The normalized spacial score (nSPS) is 18.7. The summed E-state index contributed by atoms with van der Waals surface area (Å²) < 4.78 is 11.5. The standard InChI is InChI=1S/C14H15BrN2O3S/c1-16-14-17(2)13(18)11(21-14)6-8-5-9(15)7-10(19-3)12(8)20-4/h5-7H,1-4H3/b11-6-,16-14?. The average Bonchev–Trinajstić information content (AvgIpc) is 2.74. The number of amides is 1. The molecule has 0 aromatic heterocycles. The highest BCUT2D eigenvalue weighted by Gasteiger charge is 2.30. The molecule has 1 fully saturated rings. The van der Waals surface area contributed by atoms with E-state index in [9.17, 15) is 4.79 Å². The number of carbonyl (C=O) groups is 1. The summed E-state index contributed by atoms with van der Waals surface area (Å²) in [6.45, 7) is 0. The Hall–Kier alpha value is -1.47. The molecule has 0 radical (unpaired) electrons. The molecule has 1 aliphatic rings. The fraction of sp³-hybridized carbons (Fsp3) is 0.286. The Morgan fingerprint density at radius 1 is 1.33 bits per heavy atom. The fourth-order valence-corrected chi connectivity index (χ4v) is 3.33. The number of aliphatic imine (C=N–C) groups is 1. The van der Waals surface area contributed by atoms with Gasteiger partial charge in [-0.3, -0.25) is 14.7 Å². The van der Waals surface area contributed by atoms with Crippen molar-refractivity contribution in [3.8, 4) is 11.5 Å². The molecule has 7 heteroatoms. The third-order valence-electron chi connectivity index (χ3n) is 2.95. The Morgan fingerprint density at radius 3 is 2.57 bits per heavy atom. The van der Waals surface area contributed by atoms with Gasteiger partial charge in [-0.25, -0.2) is 0 Å². The van der Waals surface area contributed by atoms with E-state index in [2.05, 4.69) is 20.9 Å². The van der Waals surface area contributed by atoms with Gasteiger partial charge in [0.1, 0.15) is 0 Å². The minimum Gasteiger partial charge on any atom is -0.493 e. The van der Waals surface area contributed by atoms with E-state index in [-0.39, 0.29) is 5.91 Å². The van der Waals surface area contributed by atoms with Crippen LogP contribution in [0.3, 0.4) is 0 Å². The molecule has 0 saturated carbocycles. The Balaban J connectivity index is 2.51. The third kappa shape index (κ3) is 3.08. The van der Waals surface area contributed by atoms with Crippen molar-refractivity contribution in [1.82, 2.24) is 4.90 Å². The van der Waals surface area contributed by atoms with Crippen LogP contribution in [0.15, 0.2) is 26.5 Å². The number of ether oxygens (including phenoxy) is 2. The smallest absolute Gasteiger partial charge is 0.266 e. The number of likely N-dealkylation sites (N-methyl/N-ethyl adjacent to an activating group) is 1. The van der Waals surface area contributed by atoms with Crippen LogP contribution in [0, 0.1) is 0 Å². The van der Waals surface area contributed by atoms with Crippen LogP contribution in [0.2, 0.25) is 0 Å². The van der Waals surface area contributed by atoms with E-state index < -0.39 is 0 Å². The molecule has 1 saturated heterocycles. The van der Waals surface area contributed by atoms with E-state index in [1.807, 2.05) is 12.1 Å². The van der Waals surface area contributed by atoms with Gasteiger partial charge in [-0.1, -0.05) is 15.9 Å². The van der Waals surface area contributed by atoms with Crippen molar-refractivity contribution >= 4 is 44.8 Å². The zero-order valence-electron chi connectivity index (χ0n) is 12.1. The number of benzene rings is 1. The van der Waals surface area contributed by atoms with Crippen molar-refractivity contribution in [1.29, 1.82) is 0 Å². The van der Waals surface area contributed by atoms with E-state index >= 15 is 0 Å². The molecule has 1 amide bonds. The van der Waals surface area contributed by atoms with Gasteiger partial charge in [-0.2, -0.15) is 0 Å². The third-order valence-corrected chi connectivity index (χ3v) is 4.56. The number of hydrogen-bond donors (Lipinski definition) is 0. The van der Waals surface area contributed by atoms with E-state index in [0.717, 1.165) is 10.0 Å². The van der Waals surface area contributed by atoms with Gasteiger partial charge < -0.3 is 9.47 Å². The van der Waals surface area contributed by atoms with E-state index in [4.69, 9.17) is 9.47 Å². The molecule has 2 rings (SSSR count). The summed E-state index contributed by atoms with van der Waals surface area (Å²) in [5, 5.41) is 0.673. The summed E-state index contributed by atoms with van der Waals surface area (Å²) in [4.78, 5) is 18.4. The van der Waals surface area contributed by atoms with Gasteiger partial charge in [0, 0.05) is 24.1 Å². The van der Waals surface area contributed by atoms with Gasteiger partial charge in [0.05, 0.1) is 19.1 Å². The predicted molar refractivity (Wildman–Crippen MR) is 88.9 cm³/mol. The second-order valence-electron chi connectivity index (χ2n) is 4.21. The fourth-order valence-electron chi connectivity index (χ4n) is 1.96. The molecule has 1 aromatic carbocycles. The number of carbonyl (C=O) groups excluding carboxylic acids is 1. The monoisotopic (exact) mass is 370 g/mol. The van der Waals surface area contributed by atoms with Crippen LogP contribution in [0.4, 0.5) is 0 Å². The zero-order valence-corrected chi connectivity index (χ0v) is 14.5. The molecular formula is C14H15BrN2O3S. The van der Waals surface area contributed by atoms with Crippen LogP contribution in [0.1, 0.15) is 5.56 Å². The second-order valence-corrected chi connectivity index (χ2v) is 6.14. The number of methoxy groups -OCH3 is 2. The number of rotatable bonds is 3. The van der Waals surface area contributed by atoms with Crippen LogP contribution in [0.25, 0.3) is 6.08 Å². The quantitative estimate of drug-likeness (QED) is 0.767. The van der Waals surface area contributed by atoms with E-state index in [1.165, 1.54) is 16.7 Å². The average molecular weight is 371 g/mol. The predicted octanol–water partition coefficient (Wildman–Crippen LogP) is 3.00. The number of halogens is 1. The Morgan fingerprint density at radius 2 is 2.05 bits per heavy atom. The number of nitrogens with zero attached hydrogens (tertiary/aromatic N) is 2. The van der Waals surface area contributed by atoms with Crippen LogP contribution in [-0.2, 0) is 4.79 Å². The lowest BCUT2D eigenvalue weighted by Crippen LogP contribution is -2.23. The highest BCUT2D eigenvalue weighted by molar-refractivity contribution is 9.10. The van der Waals surface area contributed by atoms with Crippen LogP contribution < -0.4 is 9.47 Å². The topological polar surface area (TPSA) is 51.1 Å². The van der Waals surface area contributed by atoms with Crippen molar-refractivity contribution in [2.45, 2.75) is 0 Å². The maximum absolute atomic E-state index is 12.2. The zero-order chi connectivity index (χ0) is 15.6. The van der Waals surface area contributed by atoms with Gasteiger partial charge in [-0.05, 0) is 30.0 Å². The van der Waals surface area contributed by atoms with Gasteiger partial charge >= 0.3 is 0 Å². The first-order chi connectivity index (χ1) is 10.0. The van der Waals surface area contributed by atoms with Crippen molar-refractivity contribution in [3.05, 3.63) is 27.1 Å². The molecule has 1 heterocycles. The first-order valence-corrected chi connectivity index (χ1v) is 7.68. The molecule has 0 aliphatic carbocycles. The minimum absolute atomic E-state index is 0.0819. The molecule has 21 heavy (non-hydrogen) atoms. The first kappa shape index (κ1) is 15.9. The van der Waals surface area contributed by atoms with Gasteiger partial charge in [0.15, 0.2) is 16.7 Å². The molecule has 0 N–H and O–H groups in total. The Bertz CT molecular complexity index is 643.